The first-order valence-corrected chi connectivity index (χ1v) is 11.6. The van der Waals surface area contributed by atoms with Gasteiger partial charge in [0.05, 0.1) is 18.0 Å². The second-order valence-electron chi connectivity index (χ2n) is 7.55. The van der Waals surface area contributed by atoms with Crippen LogP contribution in [0.2, 0.25) is 0 Å². The molecule has 0 spiro atoms. The van der Waals surface area contributed by atoms with Gasteiger partial charge in [0, 0.05) is 19.6 Å². The molecule has 162 valence electrons. The number of hydrogen-bond donors (Lipinski definition) is 0. The van der Waals surface area contributed by atoms with Gasteiger partial charge in [0.2, 0.25) is 10.0 Å². The quantitative estimate of drug-likeness (QED) is 0.578. The van der Waals surface area contributed by atoms with Crippen LogP contribution in [0.1, 0.15) is 11.6 Å². The molecule has 1 unspecified atom stereocenters. The van der Waals surface area contributed by atoms with Crippen molar-refractivity contribution < 1.29 is 17.9 Å². The molecule has 0 aromatic heterocycles. The highest BCUT2D eigenvalue weighted by Gasteiger charge is 2.36. The Hall–Kier alpha value is -2.87. The van der Waals surface area contributed by atoms with Crippen LogP contribution >= 0.6 is 0 Å². The smallest absolute Gasteiger partial charge is 0.243 e. The molecule has 0 amide bonds. The lowest BCUT2D eigenvalue weighted by atomic mass is 10.1. The van der Waals surface area contributed by atoms with E-state index in [-0.39, 0.29) is 10.9 Å². The number of hydrogen-bond acceptors (Lipinski definition) is 5. The van der Waals surface area contributed by atoms with Crippen LogP contribution < -0.4 is 9.47 Å². The molecule has 6 nitrogen and oxygen atoms in total. The first kappa shape index (κ1) is 21.4. The molecule has 7 heteroatoms. The number of piperazine rings is 1. The van der Waals surface area contributed by atoms with Gasteiger partial charge in [-0.25, -0.2) is 8.42 Å². The zero-order valence-corrected chi connectivity index (χ0v) is 18.5. The molecule has 0 N–H and O–H groups in total. The number of likely N-dealkylation sites (N-methyl/N-ethyl adjacent to an activating group) is 1. The molecule has 1 saturated heterocycles. The maximum atomic E-state index is 13.5. The van der Waals surface area contributed by atoms with Crippen molar-refractivity contribution in [1.29, 1.82) is 0 Å². The topological polar surface area (TPSA) is 59.1 Å². The Morgan fingerprint density at radius 1 is 0.806 bits per heavy atom. The Morgan fingerprint density at radius 3 is 2.00 bits per heavy atom. The minimum Gasteiger partial charge on any atom is -0.497 e. The molecule has 1 aliphatic heterocycles. The van der Waals surface area contributed by atoms with Crippen molar-refractivity contribution in [2.24, 2.45) is 0 Å². The van der Waals surface area contributed by atoms with Crippen LogP contribution in [0.3, 0.4) is 0 Å². The molecule has 0 radical (unpaired) electrons. The van der Waals surface area contributed by atoms with Crippen LogP contribution in [0.15, 0.2) is 83.8 Å². The van der Waals surface area contributed by atoms with Gasteiger partial charge in [0.1, 0.15) is 17.2 Å². The summed E-state index contributed by atoms with van der Waals surface area (Å²) in [6.45, 7) is 1.80. The Bertz CT molecular complexity index is 1100. The number of nitrogens with zero attached hydrogens (tertiary/aromatic N) is 2. The van der Waals surface area contributed by atoms with Gasteiger partial charge in [-0.3, -0.25) is 0 Å². The Labute approximate surface area is 183 Å². The van der Waals surface area contributed by atoms with Gasteiger partial charge < -0.3 is 14.4 Å². The molecule has 1 fully saturated rings. The van der Waals surface area contributed by atoms with Crippen molar-refractivity contribution in [3.63, 3.8) is 0 Å². The summed E-state index contributed by atoms with van der Waals surface area (Å²) >= 11 is 0. The van der Waals surface area contributed by atoms with Gasteiger partial charge in [-0.05, 0) is 61.1 Å². The monoisotopic (exact) mass is 438 g/mol. The van der Waals surface area contributed by atoms with Crippen molar-refractivity contribution >= 4 is 10.0 Å². The molecule has 0 saturated carbocycles. The van der Waals surface area contributed by atoms with E-state index >= 15 is 0 Å². The maximum Gasteiger partial charge on any atom is 0.243 e. The fraction of sp³-hybridized carbons (Fsp3) is 0.250. The highest BCUT2D eigenvalue weighted by atomic mass is 32.2. The van der Waals surface area contributed by atoms with Crippen LogP contribution in [0.25, 0.3) is 0 Å². The van der Waals surface area contributed by atoms with Crippen LogP contribution in [0.5, 0.6) is 17.2 Å². The molecule has 1 atom stereocenters. The summed E-state index contributed by atoms with van der Waals surface area (Å²) in [5, 5.41) is 0. The van der Waals surface area contributed by atoms with Gasteiger partial charge in [0.25, 0.3) is 0 Å². The fourth-order valence-corrected chi connectivity index (χ4v) is 5.33. The molecular weight excluding hydrogens is 412 g/mol. The van der Waals surface area contributed by atoms with E-state index in [4.69, 9.17) is 9.47 Å². The van der Waals surface area contributed by atoms with Gasteiger partial charge in [-0.1, -0.05) is 30.3 Å². The van der Waals surface area contributed by atoms with Crippen LogP contribution in [-0.2, 0) is 10.0 Å². The van der Waals surface area contributed by atoms with Gasteiger partial charge >= 0.3 is 0 Å². The molecule has 31 heavy (non-hydrogen) atoms. The van der Waals surface area contributed by atoms with E-state index in [9.17, 15) is 8.42 Å². The first-order chi connectivity index (χ1) is 15.0. The minimum atomic E-state index is -3.65. The van der Waals surface area contributed by atoms with E-state index in [0.29, 0.717) is 31.1 Å². The molecule has 1 aliphatic rings. The fourth-order valence-electron chi connectivity index (χ4n) is 3.73. The predicted molar refractivity (Wildman–Crippen MR) is 120 cm³/mol. The first-order valence-electron chi connectivity index (χ1n) is 10.1. The minimum absolute atomic E-state index is 0.222. The van der Waals surface area contributed by atoms with E-state index in [1.54, 1.807) is 47.8 Å². The van der Waals surface area contributed by atoms with Gasteiger partial charge in [0.15, 0.2) is 0 Å². The summed E-state index contributed by atoms with van der Waals surface area (Å²) in [6, 6.07) is 23.4. The lowest BCUT2D eigenvalue weighted by Gasteiger charge is -2.39. The van der Waals surface area contributed by atoms with Crippen LogP contribution in [0.4, 0.5) is 0 Å². The highest BCUT2D eigenvalue weighted by Crippen LogP contribution is 2.32. The Kier molecular flexibility index (Phi) is 6.27. The Balaban J connectivity index is 1.55. The van der Waals surface area contributed by atoms with Crippen molar-refractivity contribution in [2.75, 3.05) is 33.8 Å². The molecule has 3 aromatic rings. The Morgan fingerprint density at radius 2 is 1.39 bits per heavy atom. The largest absolute Gasteiger partial charge is 0.497 e. The third-order valence-electron chi connectivity index (χ3n) is 5.44. The van der Waals surface area contributed by atoms with Crippen molar-refractivity contribution in [3.05, 3.63) is 84.4 Å². The van der Waals surface area contributed by atoms with Crippen LogP contribution in [0, 0.1) is 0 Å². The SMILES string of the molecule is COc1ccc(Oc2ccc(S(=O)(=O)N3CCN(C)CC3c3ccccc3)cc2)cc1. The molecule has 0 bridgehead atoms. The van der Waals surface area contributed by atoms with E-state index < -0.39 is 10.0 Å². The number of sulfonamides is 1. The summed E-state index contributed by atoms with van der Waals surface area (Å²) in [6.07, 6.45) is 0. The summed E-state index contributed by atoms with van der Waals surface area (Å²) in [5.41, 5.74) is 0.997. The highest BCUT2D eigenvalue weighted by molar-refractivity contribution is 7.89. The van der Waals surface area contributed by atoms with Crippen molar-refractivity contribution in [1.82, 2.24) is 9.21 Å². The molecule has 3 aromatic carbocycles. The maximum absolute atomic E-state index is 13.5. The molecular formula is C24H26N2O4S. The third kappa shape index (κ3) is 4.74. The average Bonchev–Trinajstić information content (AvgIpc) is 2.80. The summed E-state index contributed by atoms with van der Waals surface area (Å²) < 4.78 is 39.5. The number of benzene rings is 3. The van der Waals surface area contributed by atoms with E-state index in [1.807, 2.05) is 49.5 Å². The summed E-state index contributed by atoms with van der Waals surface area (Å²) in [4.78, 5) is 2.43. The molecule has 0 aliphatic carbocycles. The molecule has 4 rings (SSSR count). The number of ether oxygens (including phenoxy) is 2. The van der Waals surface area contributed by atoms with Crippen molar-refractivity contribution in [2.45, 2.75) is 10.9 Å². The number of rotatable bonds is 6. The normalized spacial score (nSPS) is 17.9. The second-order valence-corrected chi connectivity index (χ2v) is 9.44. The van der Waals surface area contributed by atoms with Crippen molar-refractivity contribution in [3.8, 4) is 17.2 Å². The second kappa shape index (κ2) is 9.09. The molecule has 1 heterocycles. The average molecular weight is 439 g/mol. The summed E-state index contributed by atoms with van der Waals surface area (Å²) in [7, 11) is -0.0189. The van der Waals surface area contributed by atoms with Gasteiger partial charge in [-0.2, -0.15) is 4.31 Å². The summed E-state index contributed by atoms with van der Waals surface area (Å²) in [5.74, 6) is 1.97. The van der Waals surface area contributed by atoms with E-state index in [1.165, 1.54) is 0 Å². The third-order valence-corrected chi connectivity index (χ3v) is 7.37. The van der Waals surface area contributed by atoms with E-state index in [2.05, 4.69) is 4.90 Å². The standard InChI is InChI=1S/C24H26N2O4S/c1-25-16-17-26(24(18-25)19-6-4-3-5-7-19)31(27,28)23-14-12-22(13-15-23)30-21-10-8-20(29-2)9-11-21/h3-15,24H,16-18H2,1-2H3. The van der Waals surface area contributed by atoms with Crippen LogP contribution in [-0.4, -0.2) is 51.4 Å². The number of methoxy groups -OCH3 is 1. The van der Waals surface area contributed by atoms with Gasteiger partial charge in [-0.15, -0.1) is 0 Å². The predicted octanol–water partition coefficient (Wildman–Crippen LogP) is 4.16. The zero-order chi connectivity index (χ0) is 21.8. The lowest BCUT2D eigenvalue weighted by Crippen LogP contribution is -2.49. The van der Waals surface area contributed by atoms with E-state index in [0.717, 1.165) is 11.3 Å². The zero-order valence-electron chi connectivity index (χ0n) is 17.6. The lowest BCUT2D eigenvalue weighted by molar-refractivity contribution is 0.160.